The molecule has 0 aromatic carbocycles. The molecule has 0 aliphatic carbocycles. The van der Waals surface area contributed by atoms with E-state index < -0.39 is 0 Å². The summed E-state index contributed by atoms with van der Waals surface area (Å²) < 4.78 is 0. The zero-order valence-corrected chi connectivity index (χ0v) is 11.6. The van der Waals surface area contributed by atoms with Crippen molar-refractivity contribution < 1.29 is 4.79 Å². The minimum atomic E-state index is 0.240. The zero-order chi connectivity index (χ0) is 12.7. The van der Waals surface area contributed by atoms with Gasteiger partial charge in [-0.3, -0.25) is 4.79 Å². The van der Waals surface area contributed by atoms with Crippen LogP contribution in [0.2, 0.25) is 0 Å². The number of nitrogens with one attached hydrogen (secondary N) is 2. The number of hydrogen-bond donors (Lipinski definition) is 2. The second-order valence-corrected chi connectivity index (χ2v) is 5.76. The number of amides is 1. The summed E-state index contributed by atoms with van der Waals surface area (Å²) in [6.07, 6.45) is 5.56. The maximum atomic E-state index is 12.0. The fourth-order valence-electron chi connectivity index (χ4n) is 2.35. The quantitative estimate of drug-likeness (QED) is 0.748. The van der Waals surface area contributed by atoms with Crippen molar-refractivity contribution in [1.29, 1.82) is 0 Å². The minimum absolute atomic E-state index is 0.240. The van der Waals surface area contributed by atoms with E-state index in [1.54, 1.807) is 0 Å². The maximum Gasteiger partial charge on any atom is 0.223 e. The highest BCUT2D eigenvalue weighted by Crippen LogP contribution is 2.13. The van der Waals surface area contributed by atoms with Crippen LogP contribution < -0.4 is 10.6 Å². The summed E-state index contributed by atoms with van der Waals surface area (Å²) in [6, 6.07) is 0.330. The highest BCUT2D eigenvalue weighted by molar-refractivity contribution is 5.79. The van der Waals surface area contributed by atoms with Gasteiger partial charge >= 0.3 is 0 Å². The van der Waals surface area contributed by atoms with Crippen LogP contribution in [0.25, 0.3) is 0 Å². The molecule has 0 saturated carbocycles. The number of carbonyl (C=O) groups excluding carboxylic acids is 1. The van der Waals surface area contributed by atoms with Crippen molar-refractivity contribution in [3.05, 3.63) is 0 Å². The van der Waals surface area contributed by atoms with Gasteiger partial charge in [0.2, 0.25) is 5.91 Å². The van der Waals surface area contributed by atoms with Gasteiger partial charge in [-0.1, -0.05) is 26.7 Å². The Kier molecular flexibility index (Phi) is 6.56. The van der Waals surface area contributed by atoms with E-state index in [1.807, 2.05) is 0 Å². The third-order valence-corrected chi connectivity index (χ3v) is 3.52. The zero-order valence-electron chi connectivity index (χ0n) is 11.6. The van der Waals surface area contributed by atoms with Gasteiger partial charge in [-0.2, -0.15) is 0 Å². The van der Waals surface area contributed by atoms with Crippen molar-refractivity contribution in [2.45, 2.75) is 58.9 Å². The summed E-state index contributed by atoms with van der Waals surface area (Å²) in [4.78, 5) is 12.0. The average molecular weight is 240 g/mol. The Morgan fingerprint density at radius 2 is 1.88 bits per heavy atom. The number of hydrogen-bond acceptors (Lipinski definition) is 2. The molecule has 0 radical (unpaired) electrons. The Morgan fingerprint density at radius 3 is 2.47 bits per heavy atom. The van der Waals surface area contributed by atoms with Gasteiger partial charge in [0, 0.05) is 12.0 Å². The highest BCUT2D eigenvalue weighted by atomic mass is 16.1. The van der Waals surface area contributed by atoms with Crippen LogP contribution in [0.5, 0.6) is 0 Å². The van der Waals surface area contributed by atoms with Gasteiger partial charge in [0.15, 0.2) is 0 Å². The summed E-state index contributed by atoms with van der Waals surface area (Å²) in [7, 11) is 0. The van der Waals surface area contributed by atoms with Crippen molar-refractivity contribution in [3.8, 4) is 0 Å². The molecule has 3 nitrogen and oxygen atoms in total. The molecule has 0 bridgehead atoms. The molecule has 3 heteroatoms. The van der Waals surface area contributed by atoms with Gasteiger partial charge in [0.1, 0.15) is 0 Å². The van der Waals surface area contributed by atoms with E-state index in [4.69, 9.17) is 0 Å². The SMILES string of the molecule is CC(C)CCCC(C)NC(=O)C1CCNCC1. The largest absolute Gasteiger partial charge is 0.353 e. The number of carbonyl (C=O) groups is 1. The molecule has 1 unspecified atom stereocenters. The molecule has 2 N–H and O–H groups in total. The first-order chi connectivity index (χ1) is 8.09. The molecule has 17 heavy (non-hydrogen) atoms. The van der Waals surface area contributed by atoms with Crippen molar-refractivity contribution >= 4 is 5.91 Å². The van der Waals surface area contributed by atoms with Crippen molar-refractivity contribution in [3.63, 3.8) is 0 Å². The first kappa shape index (κ1) is 14.5. The van der Waals surface area contributed by atoms with Crippen LogP contribution in [-0.2, 0) is 4.79 Å². The van der Waals surface area contributed by atoms with Gasteiger partial charge in [-0.25, -0.2) is 0 Å². The van der Waals surface area contributed by atoms with Crippen LogP contribution in [0, 0.1) is 11.8 Å². The summed E-state index contributed by atoms with van der Waals surface area (Å²) in [5, 5.41) is 6.45. The molecule has 1 aliphatic rings. The van der Waals surface area contributed by atoms with Crippen LogP contribution in [0.4, 0.5) is 0 Å². The predicted molar refractivity (Wildman–Crippen MR) is 71.9 cm³/mol. The molecule has 0 aromatic heterocycles. The maximum absolute atomic E-state index is 12.0. The third kappa shape index (κ3) is 6.06. The standard InChI is InChI=1S/C14H28N2O/c1-11(2)5-4-6-12(3)16-14(17)13-7-9-15-10-8-13/h11-13,15H,4-10H2,1-3H3,(H,16,17). The molecule has 1 heterocycles. The lowest BCUT2D eigenvalue weighted by Gasteiger charge is -2.24. The molecule has 1 fully saturated rings. The lowest BCUT2D eigenvalue weighted by molar-refractivity contribution is -0.126. The lowest BCUT2D eigenvalue weighted by Crippen LogP contribution is -2.41. The first-order valence-electron chi connectivity index (χ1n) is 7.10. The fourth-order valence-corrected chi connectivity index (χ4v) is 2.35. The second kappa shape index (κ2) is 7.70. The van der Waals surface area contributed by atoms with Crippen molar-refractivity contribution in [2.24, 2.45) is 11.8 Å². The Balaban J connectivity index is 2.15. The summed E-state index contributed by atoms with van der Waals surface area (Å²) in [5.41, 5.74) is 0. The molecule has 1 atom stereocenters. The molecular weight excluding hydrogens is 212 g/mol. The van der Waals surface area contributed by atoms with Crippen LogP contribution >= 0.6 is 0 Å². The van der Waals surface area contributed by atoms with Crippen molar-refractivity contribution in [1.82, 2.24) is 10.6 Å². The predicted octanol–water partition coefficient (Wildman–Crippen LogP) is 2.32. The number of rotatable bonds is 6. The highest BCUT2D eigenvalue weighted by Gasteiger charge is 2.21. The summed E-state index contributed by atoms with van der Waals surface area (Å²) >= 11 is 0. The smallest absolute Gasteiger partial charge is 0.223 e. The molecule has 1 rings (SSSR count). The molecule has 1 amide bonds. The van der Waals surface area contributed by atoms with E-state index in [0.29, 0.717) is 6.04 Å². The van der Waals surface area contributed by atoms with Crippen LogP contribution in [0.15, 0.2) is 0 Å². The normalized spacial score (nSPS) is 19.3. The summed E-state index contributed by atoms with van der Waals surface area (Å²) in [5.74, 6) is 1.27. The Hall–Kier alpha value is -0.570. The molecular formula is C14H28N2O. The topological polar surface area (TPSA) is 41.1 Å². The van der Waals surface area contributed by atoms with E-state index >= 15 is 0 Å². The van der Waals surface area contributed by atoms with E-state index in [1.165, 1.54) is 12.8 Å². The van der Waals surface area contributed by atoms with Gasteiger partial charge < -0.3 is 10.6 Å². The average Bonchev–Trinajstić information content (AvgIpc) is 2.29. The molecule has 1 saturated heterocycles. The van der Waals surface area contributed by atoms with Gasteiger partial charge in [-0.05, 0) is 45.2 Å². The monoisotopic (exact) mass is 240 g/mol. The van der Waals surface area contributed by atoms with Gasteiger partial charge in [0.25, 0.3) is 0 Å². The number of piperidine rings is 1. The Morgan fingerprint density at radius 1 is 1.24 bits per heavy atom. The molecule has 0 aromatic rings. The molecule has 1 aliphatic heterocycles. The first-order valence-corrected chi connectivity index (χ1v) is 7.10. The Labute approximate surface area is 106 Å². The fraction of sp³-hybridized carbons (Fsp3) is 0.929. The van der Waals surface area contributed by atoms with E-state index in [0.717, 1.165) is 38.3 Å². The molecule has 0 spiro atoms. The van der Waals surface area contributed by atoms with Gasteiger partial charge in [-0.15, -0.1) is 0 Å². The van der Waals surface area contributed by atoms with E-state index in [2.05, 4.69) is 31.4 Å². The van der Waals surface area contributed by atoms with Crippen molar-refractivity contribution in [2.75, 3.05) is 13.1 Å². The van der Waals surface area contributed by atoms with Crippen LogP contribution in [0.1, 0.15) is 52.9 Å². The van der Waals surface area contributed by atoms with Gasteiger partial charge in [0.05, 0.1) is 0 Å². The van der Waals surface area contributed by atoms with E-state index in [9.17, 15) is 4.79 Å². The summed E-state index contributed by atoms with van der Waals surface area (Å²) in [6.45, 7) is 8.59. The molecule has 100 valence electrons. The Bertz CT molecular complexity index is 222. The van der Waals surface area contributed by atoms with Crippen LogP contribution in [0.3, 0.4) is 0 Å². The lowest BCUT2D eigenvalue weighted by atomic mass is 9.96. The van der Waals surface area contributed by atoms with Crippen LogP contribution in [-0.4, -0.2) is 25.0 Å². The third-order valence-electron chi connectivity index (χ3n) is 3.52. The van der Waals surface area contributed by atoms with E-state index in [-0.39, 0.29) is 11.8 Å². The second-order valence-electron chi connectivity index (χ2n) is 5.76. The minimum Gasteiger partial charge on any atom is -0.353 e.